The summed E-state index contributed by atoms with van der Waals surface area (Å²) in [5.74, 6) is -0.749. The molecule has 1 spiro atoms. The molecule has 0 aromatic rings. The fraction of sp³-hybridized carbons (Fsp3) is 1.00. The summed E-state index contributed by atoms with van der Waals surface area (Å²) < 4.78 is 18.1. The molecule has 5 saturated carbocycles. The molecule has 182 valence electrons. The molecule has 1 heterocycles. The Hall–Kier alpha value is -0.320. The van der Waals surface area contributed by atoms with E-state index in [-0.39, 0.29) is 49.0 Å². The lowest BCUT2D eigenvalue weighted by Gasteiger charge is -2.70. The van der Waals surface area contributed by atoms with Gasteiger partial charge in [0.1, 0.15) is 11.2 Å². The second kappa shape index (κ2) is 6.66. The molecule has 4 N–H and O–H groups in total. The average Bonchev–Trinajstić information content (AvgIpc) is 3.15. The van der Waals surface area contributed by atoms with Gasteiger partial charge < -0.3 is 34.6 Å². The quantitative estimate of drug-likeness (QED) is 0.446. The number of hydrogen-bond donors (Lipinski definition) is 4. The van der Waals surface area contributed by atoms with E-state index in [1.54, 1.807) is 21.3 Å². The van der Waals surface area contributed by atoms with Gasteiger partial charge >= 0.3 is 0 Å². The van der Waals surface area contributed by atoms with E-state index in [9.17, 15) is 20.4 Å². The van der Waals surface area contributed by atoms with Crippen molar-refractivity contribution in [3.05, 3.63) is 0 Å². The van der Waals surface area contributed by atoms with Gasteiger partial charge in [-0.05, 0) is 31.7 Å². The minimum absolute atomic E-state index is 0.0114. The molecule has 0 aromatic heterocycles. The van der Waals surface area contributed by atoms with Gasteiger partial charge in [0.2, 0.25) is 0 Å². The topological polar surface area (TPSA) is 112 Å². The molecule has 13 atom stereocenters. The van der Waals surface area contributed by atoms with Crippen molar-refractivity contribution in [3.63, 3.8) is 0 Å². The Bertz CT molecular complexity index is 798. The molecule has 1 unspecified atom stereocenters. The summed E-state index contributed by atoms with van der Waals surface area (Å²) in [7, 11) is 4.99. The number of fused-ring (bicyclic) bond motifs is 2. The lowest BCUT2D eigenvalue weighted by molar-refractivity contribution is -0.318. The van der Waals surface area contributed by atoms with Gasteiger partial charge in [-0.1, -0.05) is 6.92 Å². The van der Waals surface area contributed by atoms with Crippen LogP contribution in [0.15, 0.2) is 0 Å². The first kappa shape index (κ1) is 22.2. The van der Waals surface area contributed by atoms with E-state index in [2.05, 4.69) is 11.8 Å². The van der Waals surface area contributed by atoms with Crippen LogP contribution in [-0.4, -0.2) is 108 Å². The van der Waals surface area contributed by atoms with Gasteiger partial charge in [-0.15, -0.1) is 0 Å². The zero-order chi connectivity index (χ0) is 22.8. The first-order chi connectivity index (χ1) is 15.3. The number of aliphatic hydroxyl groups excluding tert-OH is 2. The SMILES string of the molecule is CCN1C[C@]2(CO)CC[C@H](OC)[C@]34C1[C@](O)([C@@H](OC)[C@H]23)[C@@]1(O)C[C@H](OC)[C@H]2C[C@@H]4[C@@H]1[C@H]2O. The van der Waals surface area contributed by atoms with Crippen LogP contribution >= 0.6 is 0 Å². The van der Waals surface area contributed by atoms with Crippen molar-refractivity contribution in [2.45, 2.75) is 74.3 Å². The molecule has 6 fully saturated rings. The maximum absolute atomic E-state index is 12.8. The summed E-state index contributed by atoms with van der Waals surface area (Å²) in [6, 6.07) is -0.368. The van der Waals surface area contributed by atoms with Crippen LogP contribution in [0.4, 0.5) is 0 Å². The van der Waals surface area contributed by atoms with Gasteiger partial charge in [-0.25, -0.2) is 0 Å². The third-order valence-corrected chi connectivity index (χ3v) is 11.4. The molecule has 32 heavy (non-hydrogen) atoms. The van der Waals surface area contributed by atoms with Crippen LogP contribution in [0, 0.1) is 34.5 Å². The smallest absolute Gasteiger partial charge is 0.136 e. The van der Waals surface area contributed by atoms with E-state index < -0.39 is 40.2 Å². The van der Waals surface area contributed by atoms with Crippen LogP contribution in [0.2, 0.25) is 0 Å². The van der Waals surface area contributed by atoms with Gasteiger partial charge in [-0.3, -0.25) is 4.90 Å². The highest BCUT2D eigenvalue weighted by Gasteiger charge is 2.91. The Kier molecular flexibility index (Phi) is 4.62. The minimum atomic E-state index is -1.60. The normalized spacial score (nSPS) is 62.4. The van der Waals surface area contributed by atoms with E-state index >= 15 is 0 Å². The number of rotatable bonds is 5. The summed E-state index contributed by atoms with van der Waals surface area (Å²) in [5.41, 5.74) is -4.11. The van der Waals surface area contributed by atoms with Crippen molar-refractivity contribution < 1.29 is 34.6 Å². The number of likely N-dealkylation sites (N-methyl/N-ethyl adjacent to an activating group) is 1. The molecule has 1 aliphatic heterocycles. The number of likely N-dealkylation sites (tertiary alicyclic amines) is 1. The fourth-order valence-corrected chi connectivity index (χ4v) is 10.7. The summed E-state index contributed by atoms with van der Waals surface area (Å²) >= 11 is 0. The Balaban J connectivity index is 1.69. The molecule has 8 nitrogen and oxygen atoms in total. The third-order valence-electron chi connectivity index (χ3n) is 11.4. The van der Waals surface area contributed by atoms with Gasteiger partial charge in [0.05, 0.1) is 37.1 Å². The van der Waals surface area contributed by atoms with Crippen molar-refractivity contribution >= 4 is 0 Å². The molecule has 7 bridgehead atoms. The molecule has 0 radical (unpaired) electrons. The maximum Gasteiger partial charge on any atom is 0.136 e. The van der Waals surface area contributed by atoms with Crippen LogP contribution in [0.3, 0.4) is 0 Å². The maximum atomic E-state index is 12.8. The van der Waals surface area contributed by atoms with Crippen LogP contribution in [0.1, 0.15) is 32.6 Å². The van der Waals surface area contributed by atoms with Gasteiger partial charge in [-0.2, -0.15) is 0 Å². The van der Waals surface area contributed by atoms with Crippen LogP contribution in [0.5, 0.6) is 0 Å². The molecule has 6 aliphatic rings. The van der Waals surface area contributed by atoms with E-state index in [1.807, 2.05) is 0 Å². The number of methoxy groups -OCH3 is 3. The first-order valence-electron chi connectivity index (χ1n) is 12.3. The molecule has 6 rings (SSSR count). The van der Waals surface area contributed by atoms with Crippen molar-refractivity contribution in [3.8, 4) is 0 Å². The Morgan fingerprint density at radius 2 is 1.84 bits per heavy atom. The molecular weight excluding hydrogens is 414 g/mol. The van der Waals surface area contributed by atoms with Gasteiger partial charge in [0.25, 0.3) is 0 Å². The minimum Gasteiger partial charge on any atom is -0.396 e. The van der Waals surface area contributed by atoms with Crippen molar-refractivity contribution in [1.82, 2.24) is 4.90 Å². The number of piperidine rings is 1. The highest BCUT2D eigenvalue weighted by Crippen LogP contribution is 2.80. The zero-order valence-corrected chi connectivity index (χ0v) is 19.6. The second-order valence-electron chi connectivity index (χ2n) is 11.6. The lowest BCUT2D eigenvalue weighted by Crippen LogP contribution is -2.82. The van der Waals surface area contributed by atoms with Gasteiger partial charge in [0, 0.05) is 62.9 Å². The monoisotopic (exact) mass is 453 g/mol. The van der Waals surface area contributed by atoms with E-state index in [0.717, 1.165) is 19.3 Å². The lowest BCUT2D eigenvalue weighted by atomic mass is 9.42. The van der Waals surface area contributed by atoms with Crippen molar-refractivity contribution in [1.29, 1.82) is 0 Å². The number of aliphatic hydroxyl groups is 4. The van der Waals surface area contributed by atoms with E-state index in [1.165, 1.54) is 0 Å². The Morgan fingerprint density at radius 3 is 2.44 bits per heavy atom. The summed E-state index contributed by atoms with van der Waals surface area (Å²) in [6.45, 7) is 3.46. The highest BCUT2D eigenvalue weighted by atomic mass is 16.5. The largest absolute Gasteiger partial charge is 0.396 e. The predicted molar refractivity (Wildman–Crippen MR) is 114 cm³/mol. The number of hydrogen-bond acceptors (Lipinski definition) is 8. The Morgan fingerprint density at radius 1 is 1.09 bits per heavy atom. The fourth-order valence-electron chi connectivity index (χ4n) is 10.7. The Labute approximate surface area is 189 Å². The standard InChI is InChI=1S/C24H39NO7/c1-5-25-10-21(11-26)7-6-15(31-3)23-13-8-12-14(30-2)9-22(28,16(13)17(12)27)24(29,20(23)25)19(32-4)18(21)23/h12-20,26-29H,5-11H2,1-4H3/t12-,13-,14+,15+,16-,17+,18-,19+,20?,21+,22-,23+,24-/m1/s1. The number of ether oxygens (including phenoxy) is 3. The van der Waals surface area contributed by atoms with Gasteiger partial charge in [0.15, 0.2) is 0 Å². The second-order valence-corrected chi connectivity index (χ2v) is 11.6. The van der Waals surface area contributed by atoms with E-state index in [4.69, 9.17) is 14.2 Å². The van der Waals surface area contributed by atoms with Crippen LogP contribution in [-0.2, 0) is 14.2 Å². The predicted octanol–water partition coefficient (Wildman–Crippen LogP) is -0.383. The average molecular weight is 454 g/mol. The molecule has 0 amide bonds. The van der Waals surface area contributed by atoms with Crippen LogP contribution < -0.4 is 0 Å². The first-order valence-corrected chi connectivity index (χ1v) is 12.3. The summed E-state index contributed by atoms with van der Waals surface area (Å²) in [5, 5.41) is 47.6. The molecule has 8 heteroatoms. The number of nitrogens with zero attached hydrogens (tertiary/aromatic N) is 1. The third kappa shape index (κ3) is 1.96. The highest BCUT2D eigenvalue weighted by molar-refractivity contribution is 5.41. The molecule has 5 aliphatic carbocycles. The van der Waals surface area contributed by atoms with Crippen molar-refractivity contribution in [2.24, 2.45) is 34.5 Å². The molecular formula is C24H39NO7. The molecule has 0 aromatic carbocycles. The van der Waals surface area contributed by atoms with Crippen LogP contribution in [0.25, 0.3) is 0 Å². The molecule has 1 saturated heterocycles. The van der Waals surface area contributed by atoms with Crippen molar-refractivity contribution in [2.75, 3.05) is 41.0 Å². The summed E-state index contributed by atoms with van der Waals surface area (Å²) in [4.78, 5) is 2.28. The zero-order valence-electron chi connectivity index (χ0n) is 19.6. The summed E-state index contributed by atoms with van der Waals surface area (Å²) in [6.07, 6.45) is 0.720. The van der Waals surface area contributed by atoms with E-state index in [0.29, 0.717) is 13.1 Å².